The summed E-state index contributed by atoms with van der Waals surface area (Å²) in [5.74, 6) is 0.779. The van der Waals surface area contributed by atoms with Gasteiger partial charge in [-0.2, -0.15) is 10.2 Å². The van der Waals surface area contributed by atoms with Gasteiger partial charge in [0.2, 0.25) is 0 Å². The molecule has 1 aromatic carbocycles. The number of aryl methyl sites for hydroxylation is 1. The van der Waals surface area contributed by atoms with E-state index >= 15 is 0 Å². The molecule has 5 heterocycles. The smallest absolute Gasteiger partial charge is 0.275 e. The zero-order chi connectivity index (χ0) is 21.1. The molecule has 3 aromatic heterocycles. The molecule has 0 spiro atoms. The molecule has 156 valence electrons. The fourth-order valence-electron chi connectivity index (χ4n) is 5.05. The van der Waals surface area contributed by atoms with Crippen molar-refractivity contribution in [3.05, 3.63) is 65.7 Å². The zero-order valence-electron chi connectivity index (χ0n) is 17.4. The van der Waals surface area contributed by atoms with Crippen LogP contribution in [0.5, 0.6) is 5.75 Å². The first-order chi connectivity index (χ1) is 15.1. The summed E-state index contributed by atoms with van der Waals surface area (Å²) in [6, 6.07) is 11.8. The van der Waals surface area contributed by atoms with E-state index in [1.54, 1.807) is 24.1 Å². The van der Waals surface area contributed by atoms with Crippen molar-refractivity contribution in [1.29, 1.82) is 0 Å². The second-order valence-electron chi connectivity index (χ2n) is 8.20. The van der Waals surface area contributed by atoms with Crippen LogP contribution in [0.1, 0.15) is 40.6 Å². The number of amides is 1. The number of carbonyl (C=O) groups is 1. The molecule has 1 fully saturated rings. The molecule has 4 aromatic rings. The number of carbonyl (C=O) groups excluding carboxylic acids is 1. The van der Waals surface area contributed by atoms with Crippen molar-refractivity contribution in [2.45, 2.75) is 31.3 Å². The Morgan fingerprint density at radius 2 is 2.03 bits per heavy atom. The monoisotopic (exact) mass is 414 g/mol. The van der Waals surface area contributed by atoms with Crippen LogP contribution in [-0.4, -0.2) is 48.3 Å². The van der Waals surface area contributed by atoms with Gasteiger partial charge in [0.1, 0.15) is 11.4 Å². The molecule has 31 heavy (non-hydrogen) atoms. The molecule has 8 heteroatoms. The molecule has 2 atom stereocenters. The van der Waals surface area contributed by atoms with Crippen LogP contribution in [0.2, 0.25) is 0 Å². The number of hydrogen-bond donors (Lipinski definition) is 0. The van der Waals surface area contributed by atoms with Crippen molar-refractivity contribution in [2.24, 2.45) is 7.05 Å². The van der Waals surface area contributed by atoms with Gasteiger partial charge in [-0.3, -0.25) is 9.48 Å². The van der Waals surface area contributed by atoms with Crippen molar-refractivity contribution < 1.29 is 9.53 Å². The first-order valence-corrected chi connectivity index (χ1v) is 10.5. The quantitative estimate of drug-likeness (QED) is 0.515. The maximum absolute atomic E-state index is 13.2. The third-order valence-corrected chi connectivity index (χ3v) is 6.46. The topological polar surface area (TPSA) is 77.5 Å². The minimum atomic E-state index is -0.00553. The van der Waals surface area contributed by atoms with E-state index in [9.17, 15) is 4.79 Å². The van der Waals surface area contributed by atoms with Gasteiger partial charge in [0.05, 0.1) is 24.5 Å². The van der Waals surface area contributed by atoms with E-state index in [-0.39, 0.29) is 18.0 Å². The lowest BCUT2D eigenvalue weighted by atomic mass is 9.98. The average molecular weight is 414 g/mol. The highest BCUT2D eigenvalue weighted by atomic mass is 16.5. The molecule has 2 unspecified atom stereocenters. The lowest BCUT2D eigenvalue weighted by Gasteiger charge is -2.35. The number of fused-ring (bicyclic) bond motifs is 6. The molecule has 2 bridgehead atoms. The normalized spacial score (nSPS) is 19.6. The van der Waals surface area contributed by atoms with Crippen LogP contribution in [-0.2, 0) is 13.5 Å². The molecule has 1 saturated heterocycles. The maximum Gasteiger partial charge on any atom is 0.275 e. The van der Waals surface area contributed by atoms with E-state index < -0.39 is 0 Å². The molecule has 0 N–H and O–H groups in total. The number of aromatic nitrogens is 5. The van der Waals surface area contributed by atoms with Crippen molar-refractivity contribution in [3.63, 3.8) is 0 Å². The summed E-state index contributed by atoms with van der Waals surface area (Å²) in [5.41, 5.74) is 5.30. The number of para-hydroxylation sites is 1. The van der Waals surface area contributed by atoms with Crippen LogP contribution in [0.3, 0.4) is 0 Å². The van der Waals surface area contributed by atoms with Crippen LogP contribution in [0.25, 0.3) is 16.9 Å². The van der Waals surface area contributed by atoms with E-state index in [4.69, 9.17) is 9.84 Å². The lowest BCUT2D eigenvalue weighted by Crippen LogP contribution is -2.43. The third-order valence-electron chi connectivity index (χ3n) is 6.46. The first kappa shape index (κ1) is 18.1. The number of methoxy groups -OCH3 is 1. The van der Waals surface area contributed by atoms with Gasteiger partial charge in [-0.05, 0) is 31.0 Å². The van der Waals surface area contributed by atoms with Gasteiger partial charge < -0.3 is 9.64 Å². The van der Waals surface area contributed by atoms with Gasteiger partial charge in [0.15, 0.2) is 5.65 Å². The summed E-state index contributed by atoms with van der Waals surface area (Å²) in [7, 11) is 3.49. The molecule has 0 aliphatic carbocycles. The van der Waals surface area contributed by atoms with Crippen LogP contribution < -0.4 is 4.74 Å². The van der Waals surface area contributed by atoms with Crippen molar-refractivity contribution in [3.8, 4) is 17.0 Å². The Kier molecular flexibility index (Phi) is 3.89. The second-order valence-corrected chi connectivity index (χ2v) is 8.20. The van der Waals surface area contributed by atoms with Crippen molar-refractivity contribution >= 4 is 11.6 Å². The van der Waals surface area contributed by atoms with Crippen LogP contribution >= 0.6 is 0 Å². The van der Waals surface area contributed by atoms with Crippen LogP contribution in [0.15, 0.2) is 48.8 Å². The molecular formula is C23H22N6O2. The Hall–Kier alpha value is -3.68. The summed E-state index contributed by atoms with van der Waals surface area (Å²) in [6.45, 7) is 0. The summed E-state index contributed by atoms with van der Waals surface area (Å²) >= 11 is 0. The summed E-state index contributed by atoms with van der Waals surface area (Å²) in [4.78, 5) is 19.9. The highest BCUT2D eigenvalue weighted by molar-refractivity contribution is 5.93. The molecular weight excluding hydrogens is 392 g/mol. The Balaban J connectivity index is 1.43. The van der Waals surface area contributed by atoms with Gasteiger partial charge in [-0.1, -0.05) is 12.1 Å². The maximum atomic E-state index is 13.2. The van der Waals surface area contributed by atoms with Gasteiger partial charge in [-0.15, -0.1) is 0 Å². The summed E-state index contributed by atoms with van der Waals surface area (Å²) < 4.78 is 9.13. The van der Waals surface area contributed by atoms with E-state index in [0.717, 1.165) is 53.2 Å². The predicted molar refractivity (Wildman–Crippen MR) is 114 cm³/mol. The van der Waals surface area contributed by atoms with Gasteiger partial charge in [-0.25, -0.2) is 9.50 Å². The van der Waals surface area contributed by atoms with Crippen LogP contribution in [0.4, 0.5) is 0 Å². The lowest BCUT2D eigenvalue weighted by molar-refractivity contribution is 0.0635. The molecule has 0 radical (unpaired) electrons. The minimum absolute atomic E-state index is 0.00553. The predicted octanol–water partition coefficient (Wildman–Crippen LogP) is 3.04. The zero-order valence-corrected chi connectivity index (χ0v) is 17.4. The Labute approximate surface area is 179 Å². The molecule has 2 aliphatic rings. The third kappa shape index (κ3) is 2.67. The summed E-state index contributed by atoms with van der Waals surface area (Å²) in [6.07, 6.45) is 6.39. The second kappa shape index (κ2) is 6.66. The van der Waals surface area contributed by atoms with E-state index in [1.165, 1.54) is 0 Å². The number of benzene rings is 1. The van der Waals surface area contributed by atoms with Gasteiger partial charge >= 0.3 is 0 Å². The Morgan fingerprint density at radius 3 is 2.84 bits per heavy atom. The number of hydrogen-bond acceptors (Lipinski definition) is 5. The number of nitrogens with zero attached hydrogens (tertiary/aromatic N) is 6. The Bertz CT molecular complexity index is 1320. The minimum Gasteiger partial charge on any atom is -0.496 e. The molecule has 2 aliphatic heterocycles. The molecule has 6 rings (SSSR count). The average Bonchev–Trinajstić information content (AvgIpc) is 3.50. The molecule has 0 saturated carbocycles. The number of rotatable bonds is 3. The fourth-order valence-corrected chi connectivity index (χ4v) is 5.05. The molecule has 8 nitrogen and oxygen atoms in total. The number of ether oxygens (including phenoxy) is 1. The SMILES string of the molecule is COc1ccccc1-c1cc2ncc3c(n2n1)CC1CCC3N1C(=O)c1ccn(C)n1. The van der Waals surface area contributed by atoms with E-state index in [0.29, 0.717) is 5.69 Å². The summed E-state index contributed by atoms with van der Waals surface area (Å²) in [5, 5.41) is 9.21. The standard InChI is InChI=1S/C23H22N6O2/c1-27-10-9-17(25-27)23(30)28-14-7-8-19(28)16-13-24-22-12-18(26-29(22)20(16)11-14)15-5-3-4-6-21(15)31-2/h3-6,9-10,12-14,19H,7-8,11H2,1-2H3. The van der Waals surface area contributed by atoms with E-state index in [1.807, 2.05) is 53.0 Å². The van der Waals surface area contributed by atoms with Gasteiger partial charge in [0.25, 0.3) is 5.91 Å². The first-order valence-electron chi connectivity index (χ1n) is 10.5. The van der Waals surface area contributed by atoms with Crippen molar-refractivity contribution in [2.75, 3.05) is 7.11 Å². The highest BCUT2D eigenvalue weighted by Crippen LogP contribution is 2.44. The van der Waals surface area contributed by atoms with Crippen molar-refractivity contribution in [1.82, 2.24) is 29.3 Å². The van der Waals surface area contributed by atoms with Gasteiger partial charge in [0, 0.05) is 49.1 Å². The Morgan fingerprint density at radius 1 is 1.16 bits per heavy atom. The largest absolute Gasteiger partial charge is 0.496 e. The fraction of sp³-hybridized carbons (Fsp3) is 0.304. The molecule has 1 amide bonds. The van der Waals surface area contributed by atoms with Crippen LogP contribution in [0, 0.1) is 0 Å². The van der Waals surface area contributed by atoms with E-state index in [2.05, 4.69) is 10.1 Å². The highest BCUT2D eigenvalue weighted by Gasteiger charge is 2.44.